The van der Waals surface area contributed by atoms with Gasteiger partial charge in [0.15, 0.2) is 8.07 Å². The fraction of sp³-hybridized carbons (Fsp3) is 0. The first kappa shape index (κ1) is 33.8. The second kappa shape index (κ2) is 13.4. The summed E-state index contributed by atoms with van der Waals surface area (Å²) in [6, 6.07) is 86.7. The molecule has 1 heteroatoms. The SMILES string of the molecule is c1ccc([Si]2(c3ccccc3)c3ccccc3-c3cccc(-c4c5cccc(-c6cccc7ccccc67)c5cc5c(-c6cccc7ccccc67)cccc45)c32)cc1. The molecule has 59 heavy (non-hydrogen) atoms. The van der Waals surface area contributed by atoms with Gasteiger partial charge in [0.2, 0.25) is 0 Å². The van der Waals surface area contributed by atoms with Crippen LogP contribution in [0.2, 0.25) is 0 Å². The molecule has 1 aliphatic rings. The van der Waals surface area contributed by atoms with Crippen molar-refractivity contribution in [1.82, 2.24) is 0 Å². The smallest absolute Gasteiger partial charge is 0.0623 e. The van der Waals surface area contributed by atoms with E-state index in [2.05, 4.69) is 231 Å². The van der Waals surface area contributed by atoms with Gasteiger partial charge in [-0.05, 0) is 114 Å². The monoisotopic (exact) mass is 762 g/mol. The lowest BCUT2D eigenvalue weighted by Crippen LogP contribution is -2.73. The van der Waals surface area contributed by atoms with Gasteiger partial charge in [0.25, 0.3) is 0 Å². The summed E-state index contributed by atoms with van der Waals surface area (Å²) in [7, 11) is -2.86. The topological polar surface area (TPSA) is 0 Å². The lowest BCUT2D eigenvalue weighted by molar-refractivity contribution is 1.66. The van der Waals surface area contributed by atoms with E-state index >= 15 is 0 Å². The summed E-state index contributed by atoms with van der Waals surface area (Å²) in [6.45, 7) is 0. The van der Waals surface area contributed by atoms with Gasteiger partial charge in [0.05, 0.1) is 0 Å². The summed E-state index contributed by atoms with van der Waals surface area (Å²) >= 11 is 0. The second-order valence-corrected chi connectivity index (χ2v) is 19.6. The number of hydrogen-bond donors (Lipinski definition) is 0. The standard InChI is InChI=1S/C58H38Si/c1-3-22-41(23-4-1)59(42-24-5-2-6-25-42)56-37-12-11-28-49(56)52-35-17-36-53(58(52)59)57-50-33-15-31-47(45-29-13-20-39-18-7-9-26-43(39)45)54(50)38-55-48(32-16-34-51(55)57)46-30-14-21-40-19-8-10-27-44(40)46/h1-38H. The Kier molecular flexibility index (Phi) is 7.66. The lowest BCUT2D eigenvalue weighted by atomic mass is 9.84. The first-order valence-corrected chi connectivity index (χ1v) is 22.6. The number of benzene rings is 11. The maximum Gasteiger partial charge on any atom is 0.181 e. The molecule has 0 saturated heterocycles. The molecule has 1 heterocycles. The molecule has 0 aliphatic carbocycles. The summed E-state index contributed by atoms with van der Waals surface area (Å²) in [4.78, 5) is 0. The molecule has 0 fully saturated rings. The molecule has 0 aromatic heterocycles. The summed E-state index contributed by atoms with van der Waals surface area (Å²) < 4.78 is 0. The van der Waals surface area contributed by atoms with Crippen molar-refractivity contribution in [3.05, 3.63) is 231 Å². The van der Waals surface area contributed by atoms with Crippen LogP contribution in [-0.2, 0) is 0 Å². The molecule has 0 unspecified atom stereocenters. The molecule has 0 bridgehead atoms. The van der Waals surface area contributed by atoms with Crippen LogP contribution in [0.25, 0.3) is 87.6 Å². The van der Waals surface area contributed by atoms with E-state index in [4.69, 9.17) is 0 Å². The highest BCUT2D eigenvalue weighted by atomic mass is 28.3. The minimum Gasteiger partial charge on any atom is -0.0623 e. The Hall–Kier alpha value is -7.32. The molecule has 0 saturated carbocycles. The molecule has 0 atom stereocenters. The lowest BCUT2D eigenvalue weighted by Gasteiger charge is -2.33. The molecule has 0 N–H and O–H groups in total. The Labute approximate surface area is 345 Å². The van der Waals surface area contributed by atoms with Gasteiger partial charge in [-0.25, -0.2) is 0 Å². The van der Waals surface area contributed by atoms with Crippen LogP contribution < -0.4 is 20.7 Å². The molecule has 1 aliphatic heterocycles. The van der Waals surface area contributed by atoms with Gasteiger partial charge in [-0.15, -0.1) is 0 Å². The predicted octanol–water partition coefficient (Wildman–Crippen LogP) is 12.7. The van der Waals surface area contributed by atoms with Gasteiger partial charge >= 0.3 is 0 Å². The molecule has 0 radical (unpaired) electrons. The Balaban J connectivity index is 1.28. The molecule has 11 aromatic carbocycles. The van der Waals surface area contributed by atoms with E-state index in [1.54, 1.807) is 0 Å². The first-order chi connectivity index (χ1) is 29.3. The summed E-state index contributed by atoms with van der Waals surface area (Å²) in [5, 5.41) is 15.8. The van der Waals surface area contributed by atoms with Crippen molar-refractivity contribution in [3.8, 4) is 44.5 Å². The number of fused-ring (bicyclic) bond motifs is 7. The fourth-order valence-electron chi connectivity index (χ4n) is 10.6. The average Bonchev–Trinajstić information content (AvgIpc) is 3.62. The van der Waals surface area contributed by atoms with E-state index < -0.39 is 8.07 Å². The van der Waals surface area contributed by atoms with Crippen molar-refractivity contribution in [2.45, 2.75) is 0 Å². The first-order valence-electron chi connectivity index (χ1n) is 20.6. The molecular formula is C58H38Si. The van der Waals surface area contributed by atoms with Crippen molar-refractivity contribution in [1.29, 1.82) is 0 Å². The van der Waals surface area contributed by atoms with E-state index in [0.717, 1.165) is 0 Å². The van der Waals surface area contributed by atoms with Crippen molar-refractivity contribution in [2.24, 2.45) is 0 Å². The normalized spacial score (nSPS) is 12.9. The van der Waals surface area contributed by atoms with E-state index in [-0.39, 0.29) is 0 Å². The highest BCUT2D eigenvalue weighted by Gasteiger charge is 2.50. The Morgan fingerprint density at radius 2 is 0.610 bits per heavy atom. The molecule has 12 rings (SSSR count). The third kappa shape index (κ3) is 4.95. The minimum absolute atomic E-state index is 1.25. The summed E-state index contributed by atoms with van der Waals surface area (Å²) in [5.41, 5.74) is 10.3. The third-order valence-electron chi connectivity index (χ3n) is 12.9. The minimum atomic E-state index is -2.86. The third-order valence-corrected chi connectivity index (χ3v) is 17.9. The largest absolute Gasteiger partial charge is 0.181 e. The van der Waals surface area contributed by atoms with E-state index in [1.165, 1.54) is 108 Å². The Morgan fingerprint density at radius 3 is 1.19 bits per heavy atom. The fourth-order valence-corrected chi connectivity index (χ4v) is 15.9. The van der Waals surface area contributed by atoms with Crippen LogP contribution in [-0.4, -0.2) is 8.07 Å². The molecule has 0 amide bonds. The molecule has 274 valence electrons. The molecule has 11 aromatic rings. The zero-order valence-electron chi connectivity index (χ0n) is 32.4. The van der Waals surface area contributed by atoms with Crippen LogP contribution in [0.1, 0.15) is 0 Å². The summed E-state index contributed by atoms with van der Waals surface area (Å²) in [6.07, 6.45) is 0. The molecule has 0 nitrogen and oxygen atoms in total. The zero-order chi connectivity index (χ0) is 38.9. The van der Waals surface area contributed by atoms with Crippen molar-refractivity contribution in [3.63, 3.8) is 0 Å². The van der Waals surface area contributed by atoms with Gasteiger partial charge < -0.3 is 0 Å². The predicted molar refractivity (Wildman–Crippen MR) is 255 cm³/mol. The van der Waals surface area contributed by atoms with Crippen LogP contribution in [0.5, 0.6) is 0 Å². The zero-order valence-corrected chi connectivity index (χ0v) is 33.4. The van der Waals surface area contributed by atoms with E-state index in [9.17, 15) is 0 Å². The van der Waals surface area contributed by atoms with Crippen LogP contribution >= 0.6 is 0 Å². The highest BCUT2D eigenvalue weighted by Crippen LogP contribution is 2.46. The quantitative estimate of drug-likeness (QED) is 0.121. The van der Waals surface area contributed by atoms with Crippen LogP contribution in [0, 0.1) is 0 Å². The van der Waals surface area contributed by atoms with Crippen molar-refractivity contribution in [2.75, 3.05) is 0 Å². The van der Waals surface area contributed by atoms with Crippen LogP contribution in [0.4, 0.5) is 0 Å². The second-order valence-electron chi connectivity index (χ2n) is 15.9. The van der Waals surface area contributed by atoms with Crippen molar-refractivity contribution >= 4 is 71.9 Å². The Bertz CT molecular complexity index is 3250. The van der Waals surface area contributed by atoms with Crippen LogP contribution in [0.3, 0.4) is 0 Å². The maximum atomic E-state index is 2.50. The average molecular weight is 763 g/mol. The highest BCUT2D eigenvalue weighted by molar-refractivity contribution is 7.22. The van der Waals surface area contributed by atoms with Gasteiger partial charge in [-0.3, -0.25) is 0 Å². The van der Waals surface area contributed by atoms with Crippen molar-refractivity contribution < 1.29 is 0 Å². The molecular weight excluding hydrogens is 725 g/mol. The van der Waals surface area contributed by atoms with Gasteiger partial charge in [0, 0.05) is 0 Å². The van der Waals surface area contributed by atoms with E-state index in [1.807, 2.05) is 0 Å². The van der Waals surface area contributed by atoms with Gasteiger partial charge in [0.1, 0.15) is 0 Å². The maximum absolute atomic E-state index is 2.86. The Morgan fingerprint density at radius 1 is 0.237 bits per heavy atom. The number of rotatable bonds is 5. The van der Waals surface area contributed by atoms with Crippen LogP contribution in [0.15, 0.2) is 231 Å². The molecule has 0 spiro atoms. The van der Waals surface area contributed by atoms with Gasteiger partial charge in [-0.2, -0.15) is 0 Å². The van der Waals surface area contributed by atoms with Gasteiger partial charge in [-0.1, -0.05) is 224 Å². The summed E-state index contributed by atoms with van der Waals surface area (Å²) in [5.74, 6) is 0. The van der Waals surface area contributed by atoms with E-state index in [0.29, 0.717) is 0 Å². The number of hydrogen-bond acceptors (Lipinski definition) is 0.